The molecule has 0 radical (unpaired) electrons. The second-order valence-electron chi connectivity index (χ2n) is 7.93. The first-order valence-electron chi connectivity index (χ1n) is 9.58. The summed E-state index contributed by atoms with van der Waals surface area (Å²) in [4.78, 5) is 28.7. The summed E-state index contributed by atoms with van der Waals surface area (Å²) in [6, 6.07) is -0.232. The Morgan fingerprint density at radius 1 is 1.44 bits per heavy atom. The molecule has 0 aliphatic carbocycles. The second kappa shape index (κ2) is 7.36. The number of hydrogen-bond donors (Lipinski definition) is 3. The number of morpholine rings is 1. The zero-order valence-corrected chi connectivity index (χ0v) is 16.4. The molecule has 3 N–H and O–H groups in total. The number of nitrogens with one attached hydrogen (secondary N) is 1. The first kappa shape index (κ1) is 19.2. The standard InChI is InChI=1S/C18H27N3O5S/c1-9-14-13(10(2)22)17(23)21(14)15(18(24)25)16(9)27-12-7-20(8-12)6-11-5-19-3-4-26-11/h9-14,19,22H,3-8H2,1-2H3,(H,24,25)/t9-,10-,11+,13-,14-/m1/s1. The molecule has 4 aliphatic rings. The van der Waals surface area contributed by atoms with Crippen molar-refractivity contribution in [3.63, 3.8) is 0 Å². The highest BCUT2D eigenvalue weighted by Crippen LogP contribution is 2.51. The SMILES string of the molecule is C[C@@H](O)[C@H]1C(=O)N2C(C(=O)O)=C(SC3CN(C[C@@H]4CNCCO4)C3)[C@H](C)[C@H]12. The van der Waals surface area contributed by atoms with Gasteiger partial charge in [-0.05, 0) is 6.92 Å². The lowest BCUT2D eigenvalue weighted by Crippen LogP contribution is -2.63. The largest absolute Gasteiger partial charge is 0.477 e. The highest BCUT2D eigenvalue weighted by molar-refractivity contribution is 8.03. The number of carbonyl (C=O) groups excluding carboxylic acids is 1. The van der Waals surface area contributed by atoms with Gasteiger partial charge in [0, 0.05) is 48.8 Å². The summed E-state index contributed by atoms with van der Waals surface area (Å²) < 4.78 is 5.74. The minimum Gasteiger partial charge on any atom is -0.477 e. The summed E-state index contributed by atoms with van der Waals surface area (Å²) in [5, 5.41) is 23.2. The molecule has 0 saturated carbocycles. The van der Waals surface area contributed by atoms with Gasteiger partial charge in [-0.2, -0.15) is 0 Å². The topological polar surface area (TPSA) is 102 Å². The number of carboxylic acids is 1. The quantitative estimate of drug-likeness (QED) is 0.518. The van der Waals surface area contributed by atoms with Crippen molar-refractivity contribution in [2.45, 2.75) is 37.3 Å². The molecular weight excluding hydrogens is 370 g/mol. The first-order chi connectivity index (χ1) is 12.9. The number of fused-ring (bicyclic) bond motifs is 1. The minimum absolute atomic E-state index is 0.0571. The molecule has 27 heavy (non-hydrogen) atoms. The van der Waals surface area contributed by atoms with E-state index in [0.29, 0.717) is 5.25 Å². The molecule has 0 unspecified atom stereocenters. The third-order valence-electron chi connectivity index (χ3n) is 5.99. The summed E-state index contributed by atoms with van der Waals surface area (Å²) in [6.07, 6.45) is -0.542. The van der Waals surface area contributed by atoms with Gasteiger partial charge in [-0.15, -0.1) is 11.8 Å². The van der Waals surface area contributed by atoms with Gasteiger partial charge in [0.25, 0.3) is 0 Å². The van der Waals surface area contributed by atoms with Crippen molar-refractivity contribution in [1.82, 2.24) is 15.1 Å². The number of likely N-dealkylation sites (tertiary alicyclic amines) is 1. The molecule has 8 nitrogen and oxygen atoms in total. The number of nitrogens with zero attached hydrogens (tertiary/aromatic N) is 2. The zero-order chi connectivity index (χ0) is 19.3. The molecule has 4 aliphatic heterocycles. The highest BCUT2D eigenvalue weighted by Gasteiger charge is 2.60. The predicted molar refractivity (Wildman–Crippen MR) is 100 cm³/mol. The van der Waals surface area contributed by atoms with Gasteiger partial charge >= 0.3 is 5.97 Å². The van der Waals surface area contributed by atoms with Crippen LogP contribution in [0.3, 0.4) is 0 Å². The van der Waals surface area contributed by atoms with Gasteiger partial charge < -0.3 is 25.2 Å². The van der Waals surface area contributed by atoms with E-state index in [0.717, 1.165) is 44.2 Å². The average molecular weight is 397 g/mol. The minimum atomic E-state index is -1.05. The van der Waals surface area contributed by atoms with Gasteiger partial charge in [-0.25, -0.2) is 4.79 Å². The maximum atomic E-state index is 12.4. The van der Waals surface area contributed by atoms with E-state index >= 15 is 0 Å². The molecule has 9 heteroatoms. The van der Waals surface area contributed by atoms with Gasteiger partial charge in [0.05, 0.1) is 30.8 Å². The number of β-lactam (4-membered cyclic amide) rings is 1. The molecule has 4 rings (SSSR count). The van der Waals surface area contributed by atoms with Crippen LogP contribution in [0.5, 0.6) is 0 Å². The average Bonchev–Trinajstić information content (AvgIpc) is 2.83. The van der Waals surface area contributed by atoms with Crippen molar-refractivity contribution in [3.05, 3.63) is 10.6 Å². The molecule has 150 valence electrons. The second-order valence-corrected chi connectivity index (χ2v) is 9.27. The predicted octanol–water partition coefficient (Wildman–Crippen LogP) is -0.454. The maximum Gasteiger partial charge on any atom is 0.353 e. The van der Waals surface area contributed by atoms with E-state index in [1.165, 1.54) is 4.90 Å². The molecule has 0 spiro atoms. The summed E-state index contributed by atoms with van der Waals surface area (Å²) in [5.74, 6) is -1.88. The van der Waals surface area contributed by atoms with E-state index in [-0.39, 0.29) is 29.7 Å². The Kier molecular flexibility index (Phi) is 5.24. The summed E-state index contributed by atoms with van der Waals surface area (Å²) in [6.45, 7) is 8.78. The Bertz CT molecular complexity index is 657. The fraction of sp³-hybridized carbons (Fsp3) is 0.778. The van der Waals surface area contributed by atoms with Gasteiger partial charge in [0.1, 0.15) is 5.70 Å². The number of ether oxygens (including phenoxy) is 1. The van der Waals surface area contributed by atoms with Crippen LogP contribution in [0.15, 0.2) is 10.6 Å². The van der Waals surface area contributed by atoms with Crippen molar-refractivity contribution in [2.24, 2.45) is 11.8 Å². The fourth-order valence-corrected chi connectivity index (χ4v) is 6.21. The number of aliphatic hydroxyl groups is 1. The molecule has 0 aromatic heterocycles. The van der Waals surface area contributed by atoms with E-state index in [1.807, 2.05) is 6.92 Å². The van der Waals surface area contributed by atoms with Crippen molar-refractivity contribution >= 4 is 23.6 Å². The Hall–Kier alpha value is -1.13. The van der Waals surface area contributed by atoms with Crippen molar-refractivity contribution < 1.29 is 24.5 Å². The van der Waals surface area contributed by atoms with Crippen LogP contribution in [0.25, 0.3) is 0 Å². The number of carbonyl (C=O) groups is 2. The van der Waals surface area contributed by atoms with E-state index in [9.17, 15) is 19.8 Å². The van der Waals surface area contributed by atoms with Crippen molar-refractivity contribution in [1.29, 1.82) is 0 Å². The normalized spacial score (nSPS) is 35.7. The molecule has 3 saturated heterocycles. The summed E-state index contributed by atoms with van der Waals surface area (Å²) in [5.41, 5.74) is 0.123. The molecule has 5 atom stereocenters. The van der Waals surface area contributed by atoms with Crippen molar-refractivity contribution in [2.75, 3.05) is 39.3 Å². The summed E-state index contributed by atoms with van der Waals surface area (Å²) in [7, 11) is 0. The first-order valence-corrected chi connectivity index (χ1v) is 10.5. The van der Waals surface area contributed by atoms with E-state index in [1.54, 1.807) is 18.7 Å². The lowest BCUT2D eigenvalue weighted by Gasteiger charge is -2.46. The van der Waals surface area contributed by atoms with Crippen LogP contribution >= 0.6 is 11.8 Å². The Labute approximate surface area is 162 Å². The number of aliphatic carboxylic acids is 1. The van der Waals surface area contributed by atoms with Crippen LogP contribution in [-0.4, -0.2) is 94.7 Å². The molecule has 0 bridgehead atoms. The number of thioether (sulfide) groups is 1. The lowest BCUT2D eigenvalue weighted by molar-refractivity contribution is -0.163. The third-order valence-corrected chi connectivity index (χ3v) is 7.45. The Morgan fingerprint density at radius 2 is 2.19 bits per heavy atom. The Balaban J connectivity index is 1.38. The fourth-order valence-electron chi connectivity index (χ4n) is 4.63. The van der Waals surface area contributed by atoms with Crippen LogP contribution in [0.1, 0.15) is 13.8 Å². The van der Waals surface area contributed by atoms with Gasteiger partial charge in [0.2, 0.25) is 5.91 Å². The molecule has 1 amide bonds. The molecular formula is C18H27N3O5S. The van der Waals surface area contributed by atoms with Crippen LogP contribution in [0, 0.1) is 11.8 Å². The summed E-state index contributed by atoms with van der Waals surface area (Å²) >= 11 is 1.59. The van der Waals surface area contributed by atoms with E-state index in [2.05, 4.69) is 10.2 Å². The smallest absolute Gasteiger partial charge is 0.353 e. The van der Waals surface area contributed by atoms with Crippen LogP contribution in [0.2, 0.25) is 0 Å². The monoisotopic (exact) mass is 397 g/mol. The lowest BCUT2D eigenvalue weighted by atomic mass is 9.79. The number of rotatable bonds is 6. The van der Waals surface area contributed by atoms with Crippen LogP contribution in [-0.2, 0) is 14.3 Å². The third kappa shape index (κ3) is 3.29. The highest BCUT2D eigenvalue weighted by atomic mass is 32.2. The van der Waals surface area contributed by atoms with Gasteiger partial charge in [-0.1, -0.05) is 6.92 Å². The number of aliphatic hydroxyl groups excluding tert-OH is 1. The molecule has 4 heterocycles. The number of hydrogen-bond acceptors (Lipinski definition) is 7. The van der Waals surface area contributed by atoms with Gasteiger partial charge in [-0.3, -0.25) is 9.69 Å². The van der Waals surface area contributed by atoms with Crippen LogP contribution in [0.4, 0.5) is 0 Å². The Morgan fingerprint density at radius 3 is 2.78 bits per heavy atom. The number of carboxylic acid groups (broad SMARTS) is 1. The number of amides is 1. The van der Waals surface area contributed by atoms with Crippen LogP contribution < -0.4 is 5.32 Å². The van der Waals surface area contributed by atoms with E-state index in [4.69, 9.17) is 4.74 Å². The van der Waals surface area contributed by atoms with E-state index < -0.39 is 18.0 Å². The van der Waals surface area contributed by atoms with Gasteiger partial charge in [0.15, 0.2) is 0 Å². The van der Waals surface area contributed by atoms with Crippen molar-refractivity contribution in [3.8, 4) is 0 Å². The molecule has 3 fully saturated rings. The zero-order valence-electron chi connectivity index (χ0n) is 15.6. The molecule has 0 aromatic rings. The molecule has 0 aromatic carbocycles. The maximum absolute atomic E-state index is 12.4.